The van der Waals surface area contributed by atoms with E-state index in [1.165, 1.54) is 0 Å². The van der Waals surface area contributed by atoms with Crippen molar-refractivity contribution in [3.8, 4) is 0 Å². The van der Waals surface area contributed by atoms with Gasteiger partial charge in [0.1, 0.15) is 6.26 Å². The average Bonchev–Trinajstić information content (AvgIpc) is 3.22. The summed E-state index contributed by atoms with van der Waals surface area (Å²) in [6.07, 6.45) is 1.64. The fourth-order valence-corrected chi connectivity index (χ4v) is 3.93. The molecular formula is C20H36N6O2. The van der Waals surface area contributed by atoms with E-state index in [-0.39, 0.29) is 0 Å². The lowest BCUT2D eigenvalue weighted by atomic mass is 10.0. The minimum Gasteiger partial charge on any atom is -0.379 e. The molecule has 8 heteroatoms. The van der Waals surface area contributed by atoms with Gasteiger partial charge in [-0.3, -0.25) is 14.8 Å². The number of nitrogens with one attached hydrogen (secondary N) is 1. The molecule has 158 valence electrons. The average molecular weight is 393 g/mol. The Hall–Kier alpha value is -1.64. The van der Waals surface area contributed by atoms with E-state index in [0.29, 0.717) is 12.0 Å². The van der Waals surface area contributed by atoms with Gasteiger partial charge in [0.2, 0.25) is 0 Å². The van der Waals surface area contributed by atoms with Crippen molar-refractivity contribution < 1.29 is 9.26 Å². The highest BCUT2D eigenvalue weighted by Gasteiger charge is 2.25. The molecule has 1 N–H and O–H groups in total. The summed E-state index contributed by atoms with van der Waals surface area (Å²) in [4.78, 5) is 12.4. The smallest absolute Gasteiger partial charge is 0.194 e. The third-order valence-corrected chi connectivity index (χ3v) is 5.60. The largest absolute Gasteiger partial charge is 0.379 e. The molecule has 0 aromatic carbocycles. The molecule has 2 aliphatic rings. The summed E-state index contributed by atoms with van der Waals surface area (Å²) >= 11 is 0. The van der Waals surface area contributed by atoms with Crippen LogP contribution in [-0.4, -0.2) is 97.4 Å². The lowest BCUT2D eigenvalue weighted by molar-refractivity contribution is 0.00860. The topological polar surface area (TPSA) is 69.4 Å². The second-order valence-electron chi connectivity index (χ2n) is 7.91. The van der Waals surface area contributed by atoms with Crippen LogP contribution in [0.3, 0.4) is 0 Å². The maximum atomic E-state index is 5.52. The number of nitrogens with zero attached hydrogens (tertiary/aromatic N) is 5. The third-order valence-electron chi connectivity index (χ3n) is 5.60. The zero-order valence-electron chi connectivity index (χ0n) is 17.6. The van der Waals surface area contributed by atoms with E-state index in [0.717, 1.165) is 83.8 Å². The highest BCUT2D eigenvalue weighted by atomic mass is 16.5. The van der Waals surface area contributed by atoms with Crippen molar-refractivity contribution in [3.63, 3.8) is 0 Å². The number of piperazine rings is 1. The number of aliphatic imine (C=N–C) groups is 1. The number of ether oxygens (including phenoxy) is 1. The lowest BCUT2D eigenvalue weighted by Gasteiger charge is -2.38. The molecule has 2 aliphatic heterocycles. The molecule has 1 aromatic heterocycles. The number of morpholine rings is 1. The maximum absolute atomic E-state index is 5.52. The number of hydrogen-bond donors (Lipinski definition) is 1. The van der Waals surface area contributed by atoms with Gasteiger partial charge in [-0.25, -0.2) is 0 Å². The molecule has 0 amide bonds. The van der Waals surface area contributed by atoms with Crippen LogP contribution in [0.2, 0.25) is 0 Å². The number of aromatic nitrogens is 1. The third kappa shape index (κ3) is 5.93. The van der Waals surface area contributed by atoms with Crippen LogP contribution < -0.4 is 5.32 Å². The Kier molecular flexibility index (Phi) is 8.12. The minimum absolute atomic E-state index is 0.464. The van der Waals surface area contributed by atoms with Crippen LogP contribution in [-0.2, 0) is 11.3 Å². The monoisotopic (exact) mass is 392 g/mol. The molecule has 1 aromatic rings. The van der Waals surface area contributed by atoms with E-state index in [1.807, 2.05) is 6.07 Å². The Balaban J connectivity index is 1.55. The van der Waals surface area contributed by atoms with Crippen molar-refractivity contribution in [1.82, 2.24) is 25.2 Å². The fraction of sp³-hybridized carbons (Fsp3) is 0.800. The lowest BCUT2D eigenvalue weighted by Crippen LogP contribution is -2.53. The number of rotatable bonds is 7. The molecule has 1 atom stereocenters. The Labute approximate surface area is 168 Å². The summed E-state index contributed by atoms with van der Waals surface area (Å²) in [5.41, 5.74) is 0.999. The van der Waals surface area contributed by atoms with Crippen molar-refractivity contribution >= 4 is 5.96 Å². The highest BCUT2D eigenvalue weighted by Crippen LogP contribution is 2.14. The molecule has 1 unspecified atom stereocenters. The molecule has 0 bridgehead atoms. The van der Waals surface area contributed by atoms with Crippen molar-refractivity contribution in [2.75, 3.05) is 65.6 Å². The van der Waals surface area contributed by atoms with E-state index in [4.69, 9.17) is 14.3 Å². The van der Waals surface area contributed by atoms with E-state index >= 15 is 0 Å². The summed E-state index contributed by atoms with van der Waals surface area (Å²) in [5.74, 6) is 1.62. The molecule has 8 nitrogen and oxygen atoms in total. The molecule has 2 saturated heterocycles. The Morgan fingerprint density at radius 1 is 1.18 bits per heavy atom. The Bertz CT molecular complexity index is 578. The van der Waals surface area contributed by atoms with Gasteiger partial charge in [0.05, 0.1) is 25.5 Å². The predicted molar refractivity (Wildman–Crippen MR) is 110 cm³/mol. The second-order valence-corrected chi connectivity index (χ2v) is 7.91. The summed E-state index contributed by atoms with van der Waals surface area (Å²) in [5, 5.41) is 7.52. The summed E-state index contributed by atoms with van der Waals surface area (Å²) in [6, 6.07) is 2.40. The van der Waals surface area contributed by atoms with Crippen LogP contribution >= 0.6 is 0 Å². The molecule has 0 radical (unpaired) electrons. The normalized spacial score (nSPS) is 21.3. The summed E-state index contributed by atoms with van der Waals surface area (Å²) in [7, 11) is 0. The summed E-state index contributed by atoms with van der Waals surface area (Å²) < 4.78 is 10.5. The molecule has 28 heavy (non-hydrogen) atoms. The van der Waals surface area contributed by atoms with Crippen LogP contribution in [0.15, 0.2) is 21.8 Å². The standard InChI is InChI=1S/C20H36N6O2/c1-4-21-20(22-15-19(17(2)3)25-10-13-27-14-11-25)26-8-6-24(7-9-26)16-18-5-12-28-23-18/h5,12,17,19H,4,6-11,13-16H2,1-3H3,(H,21,22). The van der Waals surface area contributed by atoms with Crippen molar-refractivity contribution in [1.29, 1.82) is 0 Å². The van der Waals surface area contributed by atoms with Gasteiger partial charge in [-0.05, 0) is 12.8 Å². The first-order chi connectivity index (χ1) is 13.7. The Morgan fingerprint density at radius 2 is 1.93 bits per heavy atom. The van der Waals surface area contributed by atoms with Gasteiger partial charge in [-0.1, -0.05) is 19.0 Å². The zero-order chi connectivity index (χ0) is 19.8. The quantitative estimate of drug-likeness (QED) is 0.551. The summed E-state index contributed by atoms with van der Waals surface area (Å²) in [6.45, 7) is 17.0. The number of guanidine groups is 1. The van der Waals surface area contributed by atoms with Gasteiger partial charge in [-0.2, -0.15) is 0 Å². The van der Waals surface area contributed by atoms with Crippen molar-refractivity contribution in [2.24, 2.45) is 10.9 Å². The van der Waals surface area contributed by atoms with Gasteiger partial charge < -0.3 is 19.5 Å². The first-order valence-electron chi connectivity index (χ1n) is 10.6. The van der Waals surface area contributed by atoms with E-state index in [2.05, 4.69) is 45.9 Å². The van der Waals surface area contributed by atoms with Crippen LogP contribution in [0.4, 0.5) is 0 Å². The SMILES string of the molecule is CCNC(=NCC(C(C)C)N1CCOCC1)N1CCN(Cc2ccon2)CC1. The van der Waals surface area contributed by atoms with Crippen molar-refractivity contribution in [3.05, 3.63) is 18.0 Å². The predicted octanol–water partition coefficient (Wildman–Crippen LogP) is 1.11. The molecular weight excluding hydrogens is 356 g/mol. The van der Waals surface area contributed by atoms with Gasteiger partial charge in [0.25, 0.3) is 0 Å². The van der Waals surface area contributed by atoms with E-state index in [1.54, 1.807) is 6.26 Å². The van der Waals surface area contributed by atoms with Crippen LogP contribution in [0.25, 0.3) is 0 Å². The van der Waals surface area contributed by atoms with Gasteiger partial charge >= 0.3 is 0 Å². The highest BCUT2D eigenvalue weighted by molar-refractivity contribution is 5.80. The van der Waals surface area contributed by atoms with Crippen LogP contribution in [0, 0.1) is 5.92 Å². The Morgan fingerprint density at radius 3 is 2.54 bits per heavy atom. The maximum Gasteiger partial charge on any atom is 0.194 e. The van der Waals surface area contributed by atoms with Gasteiger partial charge in [0.15, 0.2) is 5.96 Å². The van der Waals surface area contributed by atoms with Gasteiger partial charge in [0, 0.05) is 64.5 Å². The molecule has 0 saturated carbocycles. The van der Waals surface area contributed by atoms with E-state index < -0.39 is 0 Å². The van der Waals surface area contributed by atoms with Crippen LogP contribution in [0.1, 0.15) is 26.5 Å². The van der Waals surface area contributed by atoms with Crippen LogP contribution in [0.5, 0.6) is 0 Å². The minimum atomic E-state index is 0.464. The van der Waals surface area contributed by atoms with E-state index in [9.17, 15) is 0 Å². The zero-order valence-corrected chi connectivity index (χ0v) is 17.6. The number of hydrogen-bond acceptors (Lipinski definition) is 6. The molecule has 0 spiro atoms. The fourth-order valence-electron chi connectivity index (χ4n) is 3.93. The molecule has 2 fully saturated rings. The molecule has 3 heterocycles. The first-order valence-corrected chi connectivity index (χ1v) is 10.6. The van der Waals surface area contributed by atoms with Gasteiger partial charge in [-0.15, -0.1) is 0 Å². The second kappa shape index (κ2) is 10.8. The first kappa shape index (κ1) is 21.1. The molecule has 0 aliphatic carbocycles. The van der Waals surface area contributed by atoms with Crippen molar-refractivity contribution in [2.45, 2.75) is 33.4 Å². The molecule has 3 rings (SSSR count).